The van der Waals surface area contributed by atoms with Gasteiger partial charge in [-0.2, -0.15) is 5.10 Å². The monoisotopic (exact) mass is 283 g/mol. The molecule has 1 amide bonds. The number of furan rings is 1. The fourth-order valence-electron chi connectivity index (χ4n) is 1.65. The second-order valence-corrected chi connectivity index (χ2v) is 4.41. The van der Waals surface area contributed by atoms with Crippen molar-refractivity contribution >= 4 is 23.9 Å². The maximum Gasteiger partial charge on any atom is 0.259 e. The van der Waals surface area contributed by atoms with Crippen LogP contribution < -0.4 is 10.7 Å². The first-order chi connectivity index (χ1) is 10.2. The lowest BCUT2D eigenvalue weighted by molar-refractivity contribution is -0.119. The van der Waals surface area contributed by atoms with Crippen LogP contribution >= 0.6 is 0 Å². The molecule has 0 aliphatic carbocycles. The molecule has 0 saturated heterocycles. The van der Waals surface area contributed by atoms with Crippen molar-refractivity contribution in [2.45, 2.75) is 6.92 Å². The quantitative estimate of drug-likeness (QED) is 0.633. The number of anilines is 1. The van der Waals surface area contributed by atoms with Gasteiger partial charge in [0.25, 0.3) is 5.91 Å². The summed E-state index contributed by atoms with van der Waals surface area (Å²) >= 11 is 0. The van der Waals surface area contributed by atoms with E-state index in [0.29, 0.717) is 0 Å². The zero-order chi connectivity index (χ0) is 14.9. The van der Waals surface area contributed by atoms with E-state index in [4.69, 9.17) is 4.42 Å². The SMILES string of the molecule is Cc1cccc(NCC(=O)N/N=C\C=C\c2ccco2)c1. The highest BCUT2D eigenvalue weighted by atomic mass is 16.3. The topological polar surface area (TPSA) is 66.6 Å². The van der Waals surface area contributed by atoms with Crippen LogP contribution in [-0.2, 0) is 4.79 Å². The number of benzene rings is 1. The molecule has 0 atom stereocenters. The maximum atomic E-state index is 11.6. The van der Waals surface area contributed by atoms with Gasteiger partial charge >= 0.3 is 0 Å². The van der Waals surface area contributed by atoms with Gasteiger partial charge in [0, 0.05) is 11.9 Å². The largest absolute Gasteiger partial charge is 0.465 e. The molecule has 1 aromatic heterocycles. The van der Waals surface area contributed by atoms with Crippen LogP contribution in [0.4, 0.5) is 5.69 Å². The van der Waals surface area contributed by atoms with Crippen LogP contribution in [0.3, 0.4) is 0 Å². The molecule has 2 N–H and O–H groups in total. The normalized spacial score (nSPS) is 11.1. The molecule has 0 aliphatic rings. The Morgan fingerprint density at radius 3 is 3.00 bits per heavy atom. The lowest BCUT2D eigenvalue weighted by atomic mass is 10.2. The highest BCUT2D eigenvalue weighted by Crippen LogP contribution is 2.08. The first-order valence-corrected chi connectivity index (χ1v) is 6.56. The van der Waals surface area contributed by atoms with Crippen LogP contribution in [-0.4, -0.2) is 18.7 Å². The fourth-order valence-corrected chi connectivity index (χ4v) is 1.65. The summed E-state index contributed by atoms with van der Waals surface area (Å²) in [6, 6.07) is 11.5. The van der Waals surface area contributed by atoms with Crippen molar-refractivity contribution in [1.82, 2.24) is 5.43 Å². The van der Waals surface area contributed by atoms with E-state index >= 15 is 0 Å². The van der Waals surface area contributed by atoms with E-state index in [9.17, 15) is 4.79 Å². The number of hydrazone groups is 1. The van der Waals surface area contributed by atoms with Crippen LogP contribution in [0.2, 0.25) is 0 Å². The Labute approximate surface area is 123 Å². The molecule has 1 heterocycles. The summed E-state index contributed by atoms with van der Waals surface area (Å²) in [7, 11) is 0. The maximum absolute atomic E-state index is 11.6. The number of hydrogen-bond acceptors (Lipinski definition) is 4. The average Bonchev–Trinajstić information content (AvgIpc) is 2.98. The van der Waals surface area contributed by atoms with Crippen LogP contribution in [0.25, 0.3) is 6.08 Å². The molecule has 0 unspecified atom stereocenters. The third kappa shape index (κ3) is 5.36. The molecule has 0 bridgehead atoms. The minimum atomic E-state index is -0.209. The Balaban J connectivity index is 1.70. The van der Waals surface area contributed by atoms with Crippen molar-refractivity contribution in [2.75, 3.05) is 11.9 Å². The lowest BCUT2D eigenvalue weighted by Gasteiger charge is -2.05. The van der Waals surface area contributed by atoms with Gasteiger partial charge in [-0.25, -0.2) is 5.43 Å². The zero-order valence-electron chi connectivity index (χ0n) is 11.7. The van der Waals surface area contributed by atoms with Crippen molar-refractivity contribution in [1.29, 1.82) is 0 Å². The smallest absolute Gasteiger partial charge is 0.259 e. The number of hydrogen-bond donors (Lipinski definition) is 2. The fraction of sp³-hybridized carbons (Fsp3) is 0.125. The van der Waals surface area contributed by atoms with Gasteiger partial charge < -0.3 is 9.73 Å². The van der Waals surface area contributed by atoms with Crippen LogP contribution in [0, 0.1) is 6.92 Å². The molecule has 1 aromatic carbocycles. The standard InChI is InChI=1S/C16H17N3O2/c1-13-5-2-6-14(11-13)17-12-16(20)19-18-9-3-7-15-8-4-10-21-15/h2-11,17H,12H2,1H3,(H,19,20)/b7-3+,18-9-. The Bertz CT molecular complexity index is 631. The van der Waals surface area contributed by atoms with E-state index < -0.39 is 0 Å². The van der Waals surface area contributed by atoms with Gasteiger partial charge in [0.05, 0.1) is 12.8 Å². The summed E-state index contributed by atoms with van der Waals surface area (Å²) in [5, 5.41) is 6.84. The second-order valence-electron chi connectivity index (χ2n) is 4.41. The van der Waals surface area contributed by atoms with Crippen LogP contribution in [0.15, 0.2) is 58.3 Å². The minimum absolute atomic E-state index is 0.169. The number of amides is 1. The summed E-state index contributed by atoms with van der Waals surface area (Å²) in [5.41, 5.74) is 4.48. The first-order valence-electron chi connectivity index (χ1n) is 6.56. The molecule has 0 saturated carbocycles. The molecule has 108 valence electrons. The molecule has 5 heteroatoms. The van der Waals surface area contributed by atoms with E-state index in [1.807, 2.05) is 37.3 Å². The number of rotatable bonds is 6. The summed E-state index contributed by atoms with van der Waals surface area (Å²) in [6.07, 6.45) is 6.52. The van der Waals surface area contributed by atoms with E-state index in [-0.39, 0.29) is 12.5 Å². The molecule has 0 spiro atoms. The Morgan fingerprint density at radius 2 is 2.24 bits per heavy atom. The highest BCUT2D eigenvalue weighted by Gasteiger charge is 1.98. The summed E-state index contributed by atoms with van der Waals surface area (Å²) < 4.78 is 5.11. The third-order valence-corrected chi connectivity index (χ3v) is 2.62. The minimum Gasteiger partial charge on any atom is -0.465 e. The van der Waals surface area contributed by atoms with Gasteiger partial charge in [0.15, 0.2) is 0 Å². The van der Waals surface area contributed by atoms with Crippen molar-refractivity contribution in [2.24, 2.45) is 5.10 Å². The Hall–Kier alpha value is -2.82. The number of carbonyl (C=O) groups excluding carboxylic acids is 1. The lowest BCUT2D eigenvalue weighted by Crippen LogP contribution is -2.25. The molecule has 21 heavy (non-hydrogen) atoms. The summed E-state index contributed by atoms with van der Waals surface area (Å²) in [4.78, 5) is 11.6. The Morgan fingerprint density at radius 1 is 1.33 bits per heavy atom. The number of aryl methyl sites for hydroxylation is 1. The van der Waals surface area contributed by atoms with E-state index in [1.54, 1.807) is 24.5 Å². The summed E-state index contributed by atoms with van der Waals surface area (Å²) in [5.74, 6) is 0.521. The molecular weight excluding hydrogens is 266 g/mol. The molecule has 2 rings (SSSR count). The summed E-state index contributed by atoms with van der Waals surface area (Å²) in [6.45, 7) is 2.17. The van der Waals surface area contributed by atoms with Gasteiger partial charge in [-0.05, 0) is 48.9 Å². The van der Waals surface area contributed by atoms with E-state index in [0.717, 1.165) is 17.0 Å². The zero-order valence-corrected chi connectivity index (χ0v) is 11.7. The van der Waals surface area contributed by atoms with Gasteiger partial charge in [-0.15, -0.1) is 0 Å². The van der Waals surface area contributed by atoms with Crippen molar-refractivity contribution < 1.29 is 9.21 Å². The number of allylic oxidation sites excluding steroid dienone is 1. The number of carbonyl (C=O) groups is 1. The molecule has 5 nitrogen and oxygen atoms in total. The van der Waals surface area contributed by atoms with Crippen molar-refractivity contribution in [3.05, 3.63) is 60.1 Å². The van der Waals surface area contributed by atoms with Crippen LogP contribution in [0.5, 0.6) is 0 Å². The first kappa shape index (κ1) is 14.6. The Kier molecular flexibility index (Phi) is 5.34. The molecule has 0 aliphatic heterocycles. The molecule has 2 aromatic rings. The molecule has 0 fully saturated rings. The second kappa shape index (κ2) is 7.69. The van der Waals surface area contributed by atoms with Crippen molar-refractivity contribution in [3.8, 4) is 0 Å². The number of nitrogens with one attached hydrogen (secondary N) is 2. The van der Waals surface area contributed by atoms with E-state index in [2.05, 4.69) is 15.8 Å². The van der Waals surface area contributed by atoms with E-state index in [1.165, 1.54) is 6.21 Å². The van der Waals surface area contributed by atoms with Gasteiger partial charge in [-0.1, -0.05) is 12.1 Å². The van der Waals surface area contributed by atoms with Gasteiger partial charge in [-0.3, -0.25) is 4.79 Å². The molecular formula is C16H17N3O2. The van der Waals surface area contributed by atoms with Crippen LogP contribution in [0.1, 0.15) is 11.3 Å². The van der Waals surface area contributed by atoms with Gasteiger partial charge in [0.2, 0.25) is 0 Å². The predicted octanol–water partition coefficient (Wildman–Crippen LogP) is 2.82. The predicted molar refractivity (Wildman–Crippen MR) is 84.0 cm³/mol. The van der Waals surface area contributed by atoms with Gasteiger partial charge in [0.1, 0.15) is 5.76 Å². The molecule has 0 radical (unpaired) electrons. The highest BCUT2D eigenvalue weighted by molar-refractivity contribution is 5.83. The third-order valence-electron chi connectivity index (χ3n) is 2.62. The van der Waals surface area contributed by atoms with Crippen molar-refractivity contribution in [3.63, 3.8) is 0 Å². The number of nitrogens with zero attached hydrogens (tertiary/aromatic N) is 1. The average molecular weight is 283 g/mol.